The third-order valence-electron chi connectivity index (χ3n) is 2.96. The summed E-state index contributed by atoms with van der Waals surface area (Å²) in [6.45, 7) is 0.838. The van der Waals surface area contributed by atoms with E-state index in [1.807, 2.05) is 18.2 Å². The maximum atomic E-state index is 5.74. The van der Waals surface area contributed by atoms with Crippen LogP contribution in [0.5, 0.6) is 5.75 Å². The van der Waals surface area contributed by atoms with E-state index < -0.39 is 0 Å². The van der Waals surface area contributed by atoms with E-state index in [2.05, 4.69) is 22.6 Å². The van der Waals surface area contributed by atoms with Gasteiger partial charge >= 0.3 is 0 Å². The highest BCUT2D eigenvalue weighted by Crippen LogP contribution is 2.30. The highest BCUT2D eigenvalue weighted by atomic mass is 127. The van der Waals surface area contributed by atoms with Crippen LogP contribution in [0.2, 0.25) is 0 Å². The van der Waals surface area contributed by atoms with Gasteiger partial charge in [-0.2, -0.15) is 0 Å². The lowest BCUT2D eigenvalue weighted by Crippen LogP contribution is -2.14. The molecule has 0 unspecified atom stereocenters. The predicted molar refractivity (Wildman–Crippen MR) is 71.0 cm³/mol. The van der Waals surface area contributed by atoms with Crippen LogP contribution in [0.25, 0.3) is 0 Å². The summed E-state index contributed by atoms with van der Waals surface area (Å²) in [5.41, 5.74) is 6.47. The summed E-state index contributed by atoms with van der Waals surface area (Å²) in [7, 11) is 0. The van der Waals surface area contributed by atoms with E-state index in [-0.39, 0.29) is 0 Å². The predicted octanol–water partition coefficient (Wildman–Crippen LogP) is 3.44. The fourth-order valence-electron chi connectivity index (χ4n) is 1.75. The standard InChI is InChI=1S/C12H16INO/c13-11-8-10(14)4-5-12(11)15-7-6-9-2-1-3-9/h4-5,8-9H,1-3,6-7,14H2. The second-order valence-electron chi connectivity index (χ2n) is 4.12. The first-order chi connectivity index (χ1) is 7.25. The maximum Gasteiger partial charge on any atom is 0.132 e. The van der Waals surface area contributed by atoms with Gasteiger partial charge in [-0.05, 0) is 53.1 Å². The van der Waals surface area contributed by atoms with Gasteiger partial charge in [-0.15, -0.1) is 0 Å². The molecule has 1 aromatic carbocycles. The first-order valence-electron chi connectivity index (χ1n) is 5.43. The van der Waals surface area contributed by atoms with Crippen molar-refractivity contribution in [2.24, 2.45) is 5.92 Å². The van der Waals surface area contributed by atoms with Gasteiger partial charge in [0, 0.05) is 5.69 Å². The van der Waals surface area contributed by atoms with E-state index >= 15 is 0 Å². The van der Waals surface area contributed by atoms with Gasteiger partial charge in [0.25, 0.3) is 0 Å². The van der Waals surface area contributed by atoms with Gasteiger partial charge < -0.3 is 10.5 Å². The number of anilines is 1. The third-order valence-corrected chi connectivity index (χ3v) is 3.81. The average Bonchev–Trinajstić information content (AvgIpc) is 2.12. The van der Waals surface area contributed by atoms with E-state index in [0.29, 0.717) is 0 Å². The molecule has 0 heterocycles. The molecule has 1 aromatic rings. The number of benzene rings is 1. The van der Waals surface area contributed by atoms with Crippen LogP contribution in [-0.4, -0.2) is 6.61 Å². The quantitative estimate of drug-likeness (QED) is 0.682. The Bertz CT molecular complexity index is 336. The summed E-state index contributed by atoms with van der Waals surface area (Å²) in [6, 6.07) is 5.79. The molecule has 1 aliphatic carbocycles. The van der Waals surface area contributed by atoms with Crippen LogP contribution in [0.4, 0.5) is 5.69 Å². The zero-order chi connectivity index (χ0) is 10.7. The van der Waals surface area contributed by atoms with Crippen LogP contribution in [0.15, 0.2) is 18.2 Å². The molecule has 1 fully saturated rings. The van der Waals surface area contributed by atoms with Crippen molar-refractivity contribution in [1.29, 1.82) is 0 Å². The molecule has 0 atom stereocenters. The molecule has 1 aliphatic rings. The van der Waals surface area contributed by atoms with Crippen LogP contribution in [0.1, 0.15) is 25.7 Å². The molecule has 0 saturated heterocycles. The molecule has 3 heteroatoms. The zero-order valence-corrected chi connectivity index (χ0v) is 10.9. The van der Waals surface area contributed by atoms with Crippen molar-refractivity contribution in [3.63, 3.8) is 0 Å². The zero-order valence-electron chi connectivity index (χ0n) is 8.71. The maximum absolute atomic E-state index is 5.74. The van der Waals surface area contributed by atoms with Crippen LogP contribution in [0, 0.1) is 9.49 Å². The number of nitrogens with two attached hydrogens (primary N) is 1. The number of halogens is 1. The molecule has 2 rings (SSSR count). The van der Waals surface area contributed by atoms with Gasteiger partial charge in [0.1, 0.15) is 5.75 Å². The number of hydrogen-bond acceptors (Lipinski definition) is 2. The SMILES string of the molecule is Nc1ccc(OCCC2CCC2)c(I)c1. The summed E-state index contributed by atoms with van der Waals surface area (Å²) < 4.78 is 6.83. The molecule has 2 nitrogen and oxygen atoms in total. The number of rotatable bonds is 4. The highest BCUT2D eigenvalue weighted by molar-refractivity contribution is 14.1. The topological polar surface area (TPSA) is 35.2 Å². The third kappa shape index (κ3) is 3.00. The van der Waals surface area contributed by atoms with Crippen LogP contribution in [0.3, 0.4) is 0 Å². The second-order valence-corrected chi connectivity index (χ2v) is 5.29. The van der Waals surface area contributed by atoms with E-state index in [1.165, 1.54) is 25.7 Å². The van der Waals surface area contributed by atoms with Gasteiger partial charge in [-0.3, -0.25) is 0 Å². The fraction of sp³-hybridized carbons (Fsp3) is 0.500. The van der Waals surface area contributed by atoms with Crippen molar-refractivity contribution in [2.75, 3.05) is 12.3 Å². The molecule has 0 bridgehead atoms. The number of nitrogen functional groups attached to an aromatic ring is 1. The lowest BCUT2D eigenvalue weighted by atomic mass is 9.83. The highest BCUT2D eigenvalue weighted by Gasteiger charge is 2.16. The lowest BCUT2D eigenvalue weighted by molar-refractivity contribution is 0.221. The van der Waals surface area contributed by atoms with E-state index in [4.69, 9.17) is 10.5 Å². The normalized spacial score (nSPS) is 16.1. The summed E-state index contributed by atoms with van der Waals surface area (Å²) in [5, 5.41) is 0. The van der Waals surface area contributed by atoms with E-state index in [1.54, 1.807) is 0 Å². The minimum atomic E-state index is 0.797. The van der Waals surface area contributed by atoms with Crippen molar-refractivity contribution >= 4 is 28.3 Å². The van der Waals surface area contributed by atoms with Crippen molar-refractivity contribution in [2.45, 2.75) is 25.7 Å². The largest absolute Gasteiger partial charge is 0.492 e. The summed E-state index contributed by atoms with van der Waals surface area (Å²) in [5.74, 6) is 1.88. The van der Waals surface area contributed by atoms with Crippen LogP contribution >= 0.6 is 22.6 Å². The Labute approximate surface area is 104 Å². The summed E-state index contributed by atoms with van der Waals surface area (Å²) in [6.07, 6.45) is 5.38. The molecular weight excluding hydrogens is 301 g/mol. The lowest BCUT2D eigenvalue weighted by Gasteiger charge is -2.25. The van der Waals surface area contributed by atoms with Crippen molar-refractivity contribution < 1.29 is 4.74 Å². The van der Waals surface area contributed by atoms with Crippen molar-refractivity contribution in [3.05, 3.63) is 21.8 Å². The van der Waals surface area contributed by atoms with Gasteiger partial charge in [0.2, 0.25) is 0 Å². The van der Waals surface area contributed by atoms with Gasteiger partial charge in [0.05, 0.1) is 10.2 Å². The van der Waals surface area contributed by atoms with Crippen LogP contribution < -0.4 is 10.5 Å². The van der Waals surface area contributed by atoms with Crippen molar-refractivity contribution in [1.82, 2.24) is 0 Å². The molecule has 0 amide bonds. The molecule has 0 aromatic heterocycles. The Hall–Kier alpha value is -0.450. The molecule has 0 radical (unpaired) electrons. The Kier molecular flexibility index (Phi) is 3.72. The molecule has 1 saturated carbocycles. The smallest absolute Gasteiger partial charge is 0.132 e. The van der Waals surface area contributed by atoms with Crippen molar-refractivity contribution in [3.8, 4) is 5.75 Å². The van der Waals surface area contributed by atoms with Gasteiger partial charge in [0.15, 0.2) is 0 Å². The summed E-state index contributed by atoms with van der Waals surface area (Å²) >= 11 is 2.26. The first kappa shape index (κ1) is 11.0. The van der Waals surface area contributed by atoms with Gasteiger partial charge in [-0.25, -0.2) is 0 Å². The molecule has 0 aliphatic heterocycles. The monoisotopic (exact) mass is 317 g/mol. The first-order valence-corrected chi connectivity index (χ1v) is 6.51. The van der Waals surface area contributed by atoms with E-state index in [9.17, 15) is 0 Å². The number of ether oxygens (including phenoxy) is 1. The second kappa shape index (κ2) is 5.05. The average molecular weight is 317 g/mol. The molecular formula is C12H16INO. The Balaban J connectivity index is 1.81. The Morgan fingerprint density at radius 3 is 2.80 bits per heavy atom. The van der Waals surface area contributed by atoms with Gasteiger partial charge in [-0.1, -0.05) is 19.3 Å². The molecule has 0 spiro atoms. The summed E-state index contributed by atoms with van der Waals surface area (Å²) in [4.78, 5) is 0. The minimum Gasteiger partial charge on any atom is -0.492 e. The molecule has 82 valence electrons. The fourth-order valence-corrected chi connectivity index (χ4v) is 2.45. The minimum absolute atomic E-state index is 0.797. The van der Waals surface area contributed by atoms with E-state index in [0.717, 1.165) is 27.5 Å². The Morgan fingerprint density at radius 2 is 2.20 bits per heavy atom. The molecule has 2 N–H and O–H groups in total. The molecule has 15 heavy (non-hydrogen) atoms. The Morgan fingerprint density at radius 1 is 1.40 bits per heavy atom. The van der Waals surface area contributed by atoms with Crippen LogP contribution in [-0.2, 0) is 0 Å². The number of hydrogen-bond donors (Lipinski definition) is 1.